The Bertz CT molecular complexity index is 254. The van der Waals surface area contributed by atoms with Crippen LogP contribution in [-0.4, -0.2) is 25.1 Å². The maximum Gasteiger partial charge on any atom is 0.158 e. The predicted molar refractivity (Wildman–Crippen MR) is 46.6 cm³/mol. The van der Waals surface area contributed by atoms with Gasteiger partial charge in [0.2, 0.25) is 0 Å². The molecule has 0 aromatic rings. The first-order chi connectivity index (χ1) is 5.47. The Balaban J connectivity index is 3.04. The summed E-state index contributed by atoms with van der Waals surface area (Å²) < 4.78 is 35.2. The molecule has 1 aliphatic rings. The minimum absolute atomic E-state index is 0.197. The number of sulfone groups is 1. The molecular weight excluding hydrogens is 179 g/mol. The highest BCUT2D eigenvalue weighted by atomic mass is 32.2. The molecule has 1 unspecified atom stereocenters. The van der Waals surface area contributed by atoms with Gasteiger partial charge in [-0.3, -0.25) is 0 Å². The molecule has 2 nitrogen and oxygen atoms in total. The molecule has 1 atom stereocenters. The van der Waals surface area contributed by atoms with Gasteiger partial charge in [-0.1, -0.05) is 13.8 Å². The molecule has 0 bridgehead atoms. The molecular formula is C8H15FO2S. The van der Waals surface area contributed by atoms with E-state index in [2.05, 4.69) is 0 Å². The van der Waals surface area contributed by atoms with Crippen LogP contribution >= 0.6 is 0 Å². The van der Waals surface area contributed by atoms with E-state index in [1.165, 1.54) is 0 Å². The molecule has 0 amide bonds. The van der Waals surface area contributed by atoms with Gasteiger partial charge in [0.25, 0.3) is 0 Å². The van der Waals surface area contributed by atoms with Crippen molar-refractivity contribution in [3.63, 3.8) is 0 Å². The van der Waals surface area contributed by atoms with E-state index in [0.29, 0.717) is 12.8 Å². The Hall–Kier alpha value is -0.120. The van der Waals surface area contributed by atoms with E-state index in [9.17, 15) is 12.8 Å². The lowest BCUT2D eigenvalue weighted by molar-refractivity contribution is 0.321. The van der Waals surface area contributed by atoms with Crippen LogP contribution in [0.15, 0.2) is 0 Å². The van der Waals surface area contributed by atoms with E-state index in [0.717, 1.165) is 0 Å². The summed E-state index contributed by atoms with van der Waals surface area (Å²) in [5.74, 6) is -0.269. The fourth-order valence-corrected chi connectivity index (χ4v) is 4.24. The second-order valence-electron chi connectivity index (χ2n) is 3.47. The standard InChI is InChI=1S/C8H15FO2S/c1-3-8(4-2)5-7(9)6-12(8,10)11/h7H,3-6H2,1-2H3. The third-order valence-electron chi connectivity index (χ3n) is 2.94. The van der Waals surface area contributed by atoms with E-state index in [-0.39, 0.29) is 12.2 Å². The SMILES string of the molecule is CCC1(CC)CC(F)CS1(=O)=O. The number of halogens is 1. The van der Waals surface area contributed by atoms with Crippen molar-refractivity contribution in [3.05, 3.63) is 0 Å². The summed E-state index contributed by atoms with van der Waals surface area (Å²) in [6, 6.07) is 0. The molecule has 1 rings (SSSR count). The topological polar surface area (TPSA) is 34.1 Å². The summed E-state index contributed by atoms with van der Waals surface area (Å²) in [6.07, 6.45) is 0.121. The quantitative estimate of drug-likeness (QED) is 0.670. The van der Waals surface area contributed by atoms with E-state index in [4.69, 9.17) is 0 Å². The van der Waals surface area contributed by atoms with Gasteiger partial charge in [-0.25, -0.2) is 12.8 Å². The monoisotopic (exact) mass is 194 g/mol. The highest BCUT2D eigenvalue weighted by Crippen LogP contribution is 2.39. The van der Waals surface area contributed by atoms with Crippen molar-refractivity contribution < 1.29 is 12.8 Å². The van der Waals surface area contributed by atoms with Gasteiger partial charge >= 0.3 is 0 Å². The lowest BCUT2D eigenvalue weighted by Gasteiger charge is -2.23. The van der Waals surface area contributed by atoms with Crippen LogP contribution in [0, 0.1) is 0 Å². The summed E-state index contributed by atoms with van der Waals surface area (Å²) in [6.45, 7) is 3.64. The first-order valence-corrected chi connectivity index (χ1v) is 5.99. The van der Waals surface area contributed by atoms with Gasteiger partial charge in [0.15, 0.2) is 9.84 Å². The maximum absolute atomic E-state index is 12.9. The molecule has 0 N–H and O–H groups in total. The van der Waals surface area contributed by atoms with Gasteiger partial charge in [0, 0.05) is 0 Å². The van der Waals surface area contributed by atoms with Crippen molar-refractivity contribution in [1.29, 1.82) is 0 Å². The van der Waals surface area contributed by atoms with Crippen LogP contribution in [0.2, 0.25) is 0 Å². The second-order valence-corrected chi connectivity index (χ2v) is 5.90. The fourth-order valence-electron chi connectivity index (χ4n) is 1.98. The van der Waals surface area contributed by atoms with Gasteiger partial charge in [-0.15, -0.1) is 0 Å². The molecule has 1 heterocycles. The Morgan fingerprint density at radius 3 is 2.08 bits per heavy atom. The molecule has 0 aromatic heterocycles. The third kappa shape index (κ3) is 1.26. The largest absolute Gasteiger partial charge is 0.246 e. The zero-order valence-corrected chi connectivity index (χ0v) is 8.32. The Morgan fingerprint density at radius 1 is 1.42 bits per heavy atom. The van der Waals surface area contributed by atoms with E-state index < -0.39 is 20.8 Å². The first kappa shape index (κ1) is 9.96. The molecule has 1 saturated heterocycles. The molecule has 1 aliphatic heterocycles. The van der Waals surface area contributed by atoms with Gasteiger partial charge in [0.05, 0.1) is 10.5 Å². The zero-order chi connectivity index (χ0) is 9.41. The molecule has 12 heavy (non-hydrogen) atoms. The Morgan fingerprint density at radius 2 is 1.92 bits per heavy atom. The minimum Gasteiger partial charge on any atom is -0.246 e. The smallest absolute Gasteiger partial charge is 0.158 e. The van der Waals surface area contributed by atoms with E-state index >= 15 is 0 Å². The average molecular weight is 194 g/mol. The maximum atomic E-state index is 12.9. The predicted octanol–water partition coefficient (Wildman–Crippen LogP) is 1.70. The van der Waals surface area contributed by atoms with Crippen molar-refractivity contribution in [1.82, 2.24) is 0 Å². The molecule has 1 fully saturated rings. The van der Waals surface area contributed by atoms with Gasteiger partial charge in [-0.2, -0.15) is 0 Å². The first-order valence-electron chi connectivity index (χ1n) is 4.34. The number of alkyl halides is 1. The Labute approximate surface area is 73.1 Å². The summed E-state index contributed by atoms with van der Waals surface area (Å²) >= 11 is 0. The minimum atomic E-state index is -3.17. The van der Waals surface area contributed by atoms with Crippen molar-refractivity contribution >= 4 is 9.84 Å². The summed E-state index contributed by atoms with van der Waals surface area (Å²) in [5.41, 5.74) is 0. The molecule has 0 spiro atoms. The molecule has 4 heteroatoms. The van der Waals surface area contributed by atoms with Crippen LogP contribution in [0.3, 0.4) is 0 Å². The normalized spacial score (nSPS) is 32.1. The van der Waals surface area contributed by atoms with Gasteiger partial charge in [0.1, 0.15) is 6.17 Å². The van der Waals surface area contributed by atoms with Gasteiger partial charge < -0.3 is 0 Å². The highest BCUT2D eigenvalue weighted by molar-refractivity contribution is 7.93. The molecule has 0 aromatic carbocycles. The number of hydrogen-bond acceptors (Lipinski definition) is 2. The van der Waals surface area contributed by atoms with Crippen LogP contribution in [0.5, 0.6) is 0 Å². The van der Waals surface area contributed by atoms with Crippen molar-refractivity contribution in [2.75, 3.05) is 5.75 Å². The molecule has 0 saturated carbocycles. The Kier molecular flexibility index (Phi) is 2.47. The fraction of sp³-hybridized carbons (Fsp3) is 1.00. The van der Waals surface area contributed by atoms with Crippen LogP contribution in [0.4, 0.5) is 4.39 Å². The van der Waals surface area contributed by atoms with Crippen LogP contribution < -0.4 is 0 Å². The van der Waals surface area contributed by atoms with E-state index in [1.54, 1.807) is 0 Å². The van der Waals surface area contributed by atoms with Crippen molar-refractivity contribution in [3.8, 4) is 0 Å². The van der Waals surface area contributed by atoms with E-state index in [1.807, 2.05) is 13.8 Å². The van der Waals surface area contributed by atoms with Crippen molar-refractivity contribution in [2.45, 2.75) is 44.0 Å². The average Bonchev–Trinajstić information content (AvgIpc) is 2.20. The zero-order valence-electron chi connectivity index (χ0n) is 7.51. The lowest BCUT2D eigenvalue weighted by Crippen LogP contribution is -2.32. The van der Waals surface area contributed by atoms with Crippen LogP contribution in [0.25, 0.3) is 0 Å². The molecule has 72 valence electrons. The molecule has 0 aliphatic carbocycles. The van der Waals surface area contributed by atoms with Crippen molar-refractivity contribution in [2.24, 2.45) is 0 Å². The molecule has 0 radical (unpaired) electrons. The lowest BCUT2D eigenvalue weighted by atomic mass is 9.96. The summed E-state index contributed by atoms with van der Waals surface area (Å²) in [7, 11) is -3.17. The number of rotatable bonds is 2. The third-order valence-corrected chi connectivity index (χ3v) is 5.81. The second kappa shape index (κ2) is 2.98. The summed E-state index contributed by atoms with van der Waals surface area (Å²) in [5, 5.41) is 0. The van der Waals surface area contributed by atoms with Crippen LogP contribution in [0.1, 0.15) is 33.1 Å². The number of hydrogen-bond donors (Lipinski definition) is 0. The van der Waals surface area contributed by atoms with Crippen LogP contribution in [-0.2, 0) is 9.84 Å². The summed E-state index contributed by atoms with van der Waals surface area (Å²) in [4.78, 5) is 0. The van der Waals surface area contributed by atoms with Gasteiger partial charge in [-0.05, 0) is 19.3 Å². The highest BCUT2D eigenvalue weighted by Gasteiger charge is 2.49.